The number of benzene rings is 2. The second kappa shape index (κ2) is 9.04. The van der Waals surface area contributed by atoms with Crippen LogP contribution in [0.15, 0.2) is 47.3 Å². The van der Waals surface area contributed by atoms with Gasteiger partial charge in [-0.25, -0.2) is 4.79 Å². The predicted molar refractivity (Wildman–Crippen MR) is 123 cm³/mol. The molecule has 4 rings (SSSR count). The summed E-state index contributed by atoms with van der Waals surface area (Å²) >= 11 is 0. The van der Waals surface area contributed by atoms with E-state index in [1.807, 2.05) is 22.8 Å². The number of methoxy groups -OCH3 is 1. The molecule has 164 valence electrons. The topological polar surface area (TPSA) is 56.4 Å². The van der Waals surface area contributed by atoms with Crippen molar-refractivity contribution in [2.75, 3.05) is 7.11 Å². The van der Waals surface area contributed by atoms with E-state index in [-0.39, 0.29) is 11.6 Å². The highest BCUT2D eigenvalue weighted by atomic mass is 16.5. The first-order valence-corrected chi connectivity index (χ1v) is 11.2. The number of aromatic hydroxyl groups is 1. The summed E-state index contributed by atoms with van der Waals surface area (Å²) in [6.07, 6.45) is 4.78. The maximum atomic E-state index is 13.2. The predicted octanol–water partition coefficient (Wildman–Crippen LogP) is 4.61. The first-order chi connectivity index (χ1) is 15.0. The monoisotopic (exact) mass is 420 g/mol. The third kappa shape index (κ3) is 4.87. The van der Waals surface area contributed by atoms with Gasteiger partial charge >= 0.3 is 5.69 Å². The Balaban J connectivity index is 1.54. The number of aromatic nitrogens is 2. The minimum Gasteiger partial charge on any atom is -0.497 e. The molecule has 1 aliphatic rings. The molecule has 3 aromatic rings. The Kier molecular flexibility index (Phi) is 6.21. The third-order valence-corrected chi connectivity index (χ3v) is 6.39. The summed E-state index contributed by atoms with van der Waals surface area (Å²) in [5, 5.41) is 11.0. The van der Waals surface area contributed by atoms with Crippen LogP contribution in [0, 0.1) is 19.8 Å². The molecule has 1 saturated carbocycles. The number of aryl methyl sites for hydroxylation is 3. The summed E-state index contributed by atoms with van der Waals surface area (Å²) in [6.45, 7) is 5.26. The van der Waals surface area contributed by atoms with E-state index in [1.165, 1.54) is 34.1 Å². The summed E-state index contributed by atoms with van der Waals surface area (Å²) in [5.74, 6) is 1.54. The van der Waals surface area contributed by atoms with Crippen LogP contribution in [0.1, 0.15) is 47.2 Å². The van der Waals surface area contributed by atoms with E-state index in [0.29, 0.717) is 25.4 Å². The molecule has 5 heteroatoms. The Bertz CT molecular complexity index is 1100. The maximum absolute atomic E-state index is 13.2. The fourth-order valence-electron chi connectivity index (χ4n) is 4.10. The summed E-state index contributed by atoms with van der Waals surface area (Å²) in [4.78, 5) is 13.2. The van der Waals surface area contributed by atoms with Crippen molar-refractivity contribution in [2.45, 2.75) is 59.0 Å². The molecule has 5 nitrogen and oxygen atoms in total. The SMILES string of the molecule is COc1ccc(CCCc2c(O)n(Cc3ccc(C)c(C)c3)c(=O)n2CC2CC2)cc1. The summed E-state index contributed by atoms with van der Waals surface area (Å²) in [6, 6.07) is 14.3. The van der Waals surface area contributed by atoms with Crippen LogP contribution in [0.3, 0.4) is 0 Å². The van der Waals surface area contributed by atoms with Gasteiger partial charge in [-0.1, -0.05) is 30.3 Å². The smallest absolute Gasteiger partial charge is 0.331 e. The van der Waals surface area contributed by atoms with Gasteiger partial charge in [0, 0.05) is 6.54 Å². The van der Waals surface area contributed by atoms with Gasteiger partial charge in [0.15, 0.2) is 0 Å². The molecule has 2 aromatic carbocycles. The highest BCUT2D eigenvalue weighted by Crippen LogP contribution is 2.32. The van der Waals surface area contributed by atoms with E-state index in [2.05, 4.69) is 38.1 Å². The van der Waals surface area contributed by atoms with Gasteiger partial charge in [-0.15, -0.1) is 0 Å². The molecule has 1 heterocycles. The fourth-order valence-corrected chi connectivity index (χ4v) is 4.10. The van der Waals surface area contributed by atoms with Crippen LogP contribution >= 0.6 is 0 Å². The number of hydrogen-bond acceptors (Lipinski definition) is 3. The summed E-state index contributed by atoms with van der Waals surface area (Å²) in [7, 11) is 1.67. The van der Waals surface area contributed by atoms with E-state index in [1.54, 1.807) is 7.11 Å². The fraction of sp³-hybridized carbons (Fsp3) is 0.423. The average Bonchev–Trinajstić information content (AvgIpc) is 3.56. The first kappa shape index (κ1) is 21.3. The molecule has 31 heavy (non-hydrogen) atoms. The van der Waals surface area contributed by atoms with Crippen LogP contribution in [-0.2, 0) is 25.9 Å². The Labute approximate surface area is 183 Å². The normalized spacial score (nSPS) is 13.5. The molecule has 0 amide bonds. The van der Waals surface area contributed by atoms with Crippen molar-refractivity contribution < 1.29 is 9.84 Å². The minimum absolute atomic E-state index is 0.0953. The van der Waals surface area contributed by atoms with Crippen LogP contribution in [0.5, 0.6) is 11.6 Å². The van der Waals surface area contributed by atoms with Gasteiger partial charge in [-0.3, -0.25) is 9.13 Å². The number of rotatable bonds is 9. The van der Waals surface area contributed by atoms with Crippen LogP contribution in [0.2, 0.25) is 0 Å². The molecule has 0 bridgehead atoms. The molecule has 0 radical (unpaired) electrons. The zero-order valence-electron chi connectivity index (χ0n) is 18.7. The van der Waals surface area contributed by atoms with Gasteiger partial charge in [-0.05, 0) is 86.3 Å². The molecular weight excluding hydrogens is 388 g/mol. The second-order valence-corrected chi connectivity index (χ2v) is 8.81. The van der Waals surface area contributed by atoms with Gasteiger partial charge < -0.3 is 9.84 Å². The molecule has 0 aliphatic heterocycles. The third-order valence-electron chi connectivity index (χ3n) is 6.39. The van der Waals surface area contributed by atoms with Crippen molar-refractivity contribution in [1.82, 2.24) is 9.13 Å². The quantitative estimate of drug-likeness (QED) is 0.550. The van der Waals surface area contributed by atoms with Crippen LogP contribution in [-0.4, -0.2) is 21.4 Å². The largest absolute Gasteiger partial charge is 0.497 e. The highest BCUT2D eigenvalue weighted by molar-refractivity contribution is 5.32. The molecule has 1 aliphatic carbocycles. The van der Waals surface area contributed by atoms with E-state index >= 15 is 0 Å². The van der Waals surface area contributed by atoms with Crippen LogP contribution in [0.25, 0.3) is 0 Å². The molecule has 1 fully saturated rings. The van der Waals surface area contributed by atoms with Crippen molar-refractivity contribution in [3.63, 3.8) is 0 Å². The number of nitrogens with zero attached hydrogens (tertiary/aromatic N) is 2. The van der Waals surface area contributed by atoms with Gasteiger partial charge in [0.1, 0.15) is 5.75 Å². The van der Waals surface area contributed by atoms with Gasteiger partial charge in [0.2, 0.25) is 5.88 Å². The molecule has 0 spiro atoms. The Morgan fingerprint density at radius 3 is 2.32 bits per heavy atom. The van der Waals surface area contributed by atoms with Crippen molar-refractivity contribution in [3.8, 4) is 11.6 Å². The van der Waals surface area contributed by atoms with Gasteiger partial charge in [-0.2, -0.15) is 0 Å². The molecule has 1 N–H and O–H groups in total. The van der Waals surface area contributed by atoms with Crippen LogP contribution in [0.4, 0.5) is 0 Å². The zero-order valence-corrected chi connectivity index (χ0v) is 18.7. The van der Waals surface area contributed by atoms with Crippen molar-refractivity contribution in [2.24, 2.45) is 5.92 Å². The standard InChI is InChI=1S/C26H32N2O3/c1-18-7-8-22(15-19(18)2)17-28-25(29)24(27(26(28)30)16-21-9-10-21)6-4-5-20-11-13-23(31-3)14-12-20/h7-8,11-15,21,29H,4-6,9-10,16-17H2,1-3H3. The molecule has 0 saturated heterocycles. The average molecular weight is 421 g/mol. The van der Waals surface area contributed by atoms with E-state index in [4.69, 9.17) is 4.74 Å². The molecule has 0 atom stereocenters. The Hall–Kier alpha value is -2.95. The summed E-state index contributed by atoms with van der Waals surface area (Å²) < 4.78 is 8.58. The molecule has 1 aromatic heterocycles. The van der Waals surface area contributed by atoms with E-state index in [9.17, 15) is 9.90 Å². The lowest BCUT2D eigenvalue weighted by atomic mass is 10.1. The molecule has 0 unspecified atom stereocenters. The number of hydrogen-bond donors (Lipinski definition) is 1. The Morgan fingerprint density at radius 2 is 1.68 bits per heavy atom. The minimum atomic E-state index is -0.0953. The van der Waals surface area contributed by atoms with Crippen molar-refractivity contribution >= 4 is 0 Å². The van der Waals surface area contributed by atoms with Crippen molar-refractivity contribution in [1.29, 1.82) is 0 Å². The lowest BCUT2D eigenvalue weighted by molar-refractivity contribution is 0.414. The van der Waals surface area contributed by atoms with Gasteiger partial charge in [0.05, 0.1) is 19.3 Å². The summed E-state index contributed by atoms with van der Waals surface area (Å²) in [5.41, 5.74) is 5.36. The van der Waals surface area contributed by atoms with E-state index < -0.39 is 0 Å². The maximum Gasteiger partial charge on any atom is 0.331 e. The molecular formula is C26H32N2O3. The van der Waals surface area contributed by atoms with Crippen molar-refractivity contribution in [3.05, 3.63) is 80.9 Å². The lowest BCUT2D eigenvalue weighted by Gasteiger charge is -2.08. The highest BCUT2D eigenvalue weighted by Gasteiger charge is 2.27. The second-order valence-electron chi connectivity index (χ2n) is 8.81. The van der Waals surface area contributed by atoms with Crippen LogP contribution < -0.4 is 10.4 Å². The number of imidazole rings is 1. The zero-order chi connectivity index (χ0) is 22.0. The Morgan fingerprint density at radius 1 is 0.968 bits per heavy atom. The lowest BCUT2D eigenvalue weighted by Crippen LogP contribution is -2.26. The van der Waals surface area contributed by atoms with E-state index in [0.717, 1.165) is 29.8 Å². The first-order valence-electron chi connectivity index (χ1n) is 11.2. The number of ether oxygens (including phenoxy) is 1. The van der Waals surface area contributed by atoms with Gasteiger partial charge in [0.25, 0.3) is 0 Å².